The van der Waals surface area contributed by atoms with E-state index in [-0.39, 0.29) is 13.5 Å². The van der Waals surface area contributed by atoms with Gasteiger partial charge in [-0.1, -0.05) is 170 Å². The summed E-state index contributed by atoms with van der Waals surface area (Å²) in [5.41, 5.74) is 12.7. The minimum atomic E-state index is -2.32. The zero-order valence-corrected chi connectivity index (χ0v) is 71.2. The van der Waals surface area contributed by atoms with E-state index in [0.717, 1.165) is 98.7 Å². The van der Waals surface area contributed by atoms with E-state index in [0.29, 0.717) is 0 Å². The minimum absolute atomic E-state index is 0. The van der Waals surface area contributed by atoms with Crippen LogP contribution in [0.1, 0.15) is 0 Å². The molecule has 0 radical (unpaired) electrons. The SMILES string of the molecule is S.S=P(c1ccccc1)(c1cccnc1)c1ccc2c3ccccc3n3c4ccccc4nc3c2c1.[Se]=P(c1ccc2ccccc2c1)(c1ccc2ccccc2c1)c1ccc2c3ccccc3n3c4ccccc4nc3c2c1.c1cnc2cc(P(c3ccc4c5ccccc5n5c6ccccc6nc5c4c3)c3ccnc4ccccc34)ccc2c1. The Morgan fingerprint density at radius 2 is 0.645 bits per heavy atom. The molecule has 9 heterocycles. The van der Waals surface area contributed by atoms with Crippen LogP contribution in [0.4, 0.5) is 0 Å². The zero-order valence-electron chi connectivity index (χ0n) is 64.9. The number of rotatable bonds is 9. The van der Waals surface area contributed by atoms with Gasteiger partial charge in [0.15, 0.2) is 0 Å². The van der Waals surface area contributed by atoms with Crippen molar-refractivity contribution < 1.29 is 0 Å². The summed E-state index contributed by atoms with van der Waals surface area (Å²) >= 11 is 10.4. The van der Waals surface area contributed by atoms with E-state index in [1.54, 1.807) is 6.20 Å². The summed E-state index contributed by atoms with van der Waals surface area (Å²) in [6, 6.07) is 137. The van der Waals surface area contributed by atoms with Crippen molar-refractivity contribution in [2.24, 2.45) is 0 Å². The molecular weight excluding hydrogens is 1640 g/mol. The van der Waals surface area contributed by atoms with Gasteiger partial charge in [-0.3, -0.25) is 23.8 Å². The van der Waals surface area contributed by atoms with Gasteiger partial charge in [0.2, 0.25) is 0 Å². The first-order valence-corrected chi connectivity index (χ1v) is 48.2. The van der Waals surface area contributed by atoms with Crippen molar-refractivity contribution in [1.82, 2.24) is 43.1 Å². The monoisotopic (exact) mass is 1710 g/mol. The van der Waals surface area contributed by atoms with E-state index in [2.05, 4.69) is 397 Å². The largest absolute Gasteiger partial charge is 0.292 e. The van der Waals surface area contributed by atoms with Crippen LogP contribution in [0.15, 0.2) is 413 Å². The second kappa shape index (κ2) is 30.2. The molecule has 121 heavy (non-hydrogen) atoms. The van der Waals surface area contributed by atoms with Crippen LogP contribution in [0.3, 0.4) is 0 Å². The Kier molecular flexibility index (Phi) is 18.5. The summed E-state index contributed by atoms with van der Waals surface area (Å²) < 4.78 is 6.94. The number of fused-ring (bicyclic) bond motifs is 28. The number of nitrogens with zero attached hydrogens (tertiary/aromatic N) is 9. The molecule has 9 aromatic heterocycles. The van der Waals surface area contributed by atoms with Gasteiger partial charge in [0.05, 0.1) is 44.1 Å². The minimum Gasteiger partial charge on any atom is -0.292 e. The molecule has 0 fully saturated rings. The topological polar surface area (TPSA) is 90.6 Å². The van der Waals surface area contributed by atoms with Crippen molar-refractivity contribution in [2.45, 2.75) is 0 Å². The van der Waals surface area contributed by atoms with Gasteiger partial charge in [-0.2, -0.15) is 13.5 Å². The molecule has 9 nitrogen and oxygen atoms in total. The van der Waals surface area contributed by atoms with Gasteiger partial charge in [-0.05, 0) is 124 Å². The molecule has 2 unspecified atom stereocenters. The fourth-order valence-electron chi connectivity index (χ4n) is 18.1. The fourth-order valence-corrected chi connectivity index (χ4v) is 29.1. The second-order valence-electron chi connectivity index (χ2n) is 30.4. The summed E-state index contributed by atoms with van der Waals surface area (Å²) in [7, 11) is -0.932. The van der Waals surface area contributed by atoms with Gasteiger partial charge in [0.25, 0.3) is 0 Å². The van der Waals surface area contributed by atoms with E-state index in [4.69, 9.17) is 36.7 Å². The van der Waals surface area contributed by atoms with Gasteiger partial charge in [-0.25, -0.2) is 9.97 Å². The molecule has 0 bridgehead atoms. The first kappa shape index (κ1) is 74.1. The fraction of sp³-hybridized carbons (Fsp3) is 0. The molecule has 16 aromatic carbocycles. The van der Waals surface area contributed by atoms with Crippen molar-refractivity contribution in [2.75, 3.05) is 0 Å². The van der Waals surface area contributed by atoms with E-state index < -0.39 is 19.5 Å². The third-order valence-electron chi connectivity index (χ3n) is 23.7. The molecule has 572 valence electrons. The summed E-state index contributed by atoms with van der Waals surface area (Å²) in [5, 5.41) is 29.3. The number of aromatic nitrogens is 9. The summed E-state index contributed by atoms with van der Waals surface area (Å²) in [6.07, 6.45) is 7.55. The van der Waals surface area contributed by atoms with Crippen molar-refractivity contribution in [3.63, 3.8) is 0 Å². The maximum atomic E-state index is 6.59. The third-order valence-corrected chi connectivity index (χ3v) is 38.1. The van der Waals surface area contributed by atoms with Gasteiger partial charge >= 0.3 is 257 Å². The standard InChI is InChI=1S/C39H25N2PSe.C37H23N4P.C30H20N3PS.H2S/c43-42(30-19-17-26-9-1-3-11-28(26)23-30,31-20-18-27-10-2-4-12-29(27)24-31)32-21-22-33-34-13-5-7-15-37(34)41-38-16-8-6-14-36(38)40-39(41)35(33)25-32;1-3-11-31-29(10-1)36(19-21-39-31)42(26-16-15-24-8-7-20-38-33(24)23-26)25-17-18-27-28-9-2-5-13-34(28)41-35-14-6-4-12-32(35)40-37(41)30(27)22-25;35-34(21-9-2-1-3-10-21,23-11-8-18-31-20-23)22-16-17-24-25-12-4-6-14-28(25)33-29-15-7-5-13-27(29)32-30(33)26(24)19-22;/h1-25H;1-23H;1-20H;1H2. The molecule has 0 N–H and O–H groups in total. The van der Waals surface area contributed by atoms with Crippen LogP contribution in [0.5, 0.6) is 0 Å². The predicted molar refractivity (Wildman–Crippen MR) is 526 cm³/mol. The molecule has 0 aliphatic carbocycles. The number of pyridine rings is 6. The molecule has 0 saturated carbocycles. The van der Waals surface area contributed by atoms with E-state index in [9.17, 15) is 0 Å². The average Bonchev–Trinajstić information content (AvgIpc) is 1.64. The Labute approximate surface area is 716 Å². The van der Waals surface area contributed by atoms with E-state index >= 15 is 0 Å². The van der Waals surface area contributed by atoms with Crippen molar-refractivity contribution >= 4 is 266 Å². The first-order chi connectivity index (χ1) is 59.3. The van der Waals surface area contributed by atoms with Gasteiger partial charge < -0.3 is 0 Å². The summed E-state index contributed by atoms with van der Waals surface area (Å²) in [6.45, 7) is 0. The van der Waals surface area contributed by atoms with Crippen LogP contribution in [0.25, 0.3) is 158 Å². The molecule has 25 rings (SSSR count). The third kappa shape index (κ3) is 12.3. The number of imidazole rings is 3. The Balaban J connectivity index is 0.000000109. The Morgan fingerprint density at radius 1 is 0.256 bits per heavy atom. The number of hydrogen-bond donors (Lipinski definition) is 0. The van der Waals surface area contributed by atoms with E-state index in [1.165, 1.54) is 107 Å². The first-order valence-electron chi connectivity index (χ1n) is 40.1. The molecule has 15 heteroatoms. The number of hydrogen-bond acceptors (Lipinski definition) is 7. The van der Waals surface area contributed by atoms with Crippen LogP contribution in [-0.4, -0.2) is 58.2 Å². The van der Waals surface area contributed by atoms with Crippen molar-refractivity contribution in [1.29, 1.82) is 0 Å². The Morgan fingerprint density at radius 3 is 1.19 bits per heavy atom. The van der Waals surface area contributed by atoms with Gasteiger partial charge in [-0.15, -0.1) is 0 Å². The molecule has 0 amide bonds. The number of para-hydroxylation sites is 10. The molecule has 0 saturated heterocycles. The molecule has 0 aliphatic rings. The normalized spacial score (nSPS) is 12.7. The Bertz CT molecular complexity index is 8500. The average molecular weight is 1710 g/mol. The van der Waals surface area contributed by atoms with Gasteiger partial charge in [0.1, 0.15) is 11.3 Å². The number of benzene rings is 16. The molecular formula is C106H70N9P3S2Se. The van der Waals surface area contributed by atoms with Crippen LogP contribution in [0, 0.1) is 0 Å². The van der Waals surface area contributed by atoms with Crippen molar-refractivity contribution in [3.05, 3.63) is 413 Å². The van der Waals surface area contributed by atoms with Crippen LogP contribution in [-0.2, 0) is 11.8 Å². The predicted octanol–water partition coefficient (Wildman–Crippen LogP) is 22.2. The quantitative estimate of drug-likeness (QED) is 0.0808. The van der Waals surface area contributed by atoms with Crippen molar-refractivity contribution in [3.8, 4) is 0 Å². The Hall–Kier alpha value is -13.2. The maximum Gasteiger partial charge on any atom is 0.146 e. The molecule has 0 aliphatic heterocycles. The van der Waals surface area contributed by atoms with E-state index in [1.807, 2.05) is 42.9 Å². The van der Waals surface area contributed by atoms with Crippen LogP contribution >= 0.6 is 33.0 Å². The smallest absolute Gasteiger partial charge is 0.146 e. The summed E-state index contributed by atoms with van der Waals surface area (Å²) in [4.78, 5) is 29.3. The summed E-state index contributed by atoms with van der Waals surface area (Å²) in [5.74, 6) is 0. The second-order valence-corrected chi connectivity index (χ2v) is 43.2. The van der Waals surface area contributed by atoms with Crippen LogP contribution < -0.4 is 47.7 Å². The maximum absolute atomic E-state index is 6.59. The van der Waals surface area contributed by atoms with Crippen LogP contribution in [0.2, 0.25) is 0 Å². The molecule has 0 spiro atoms. The van der Waals surface area contributed by atoms with Gasteiger partial charge in [0, 0.05) is 68.4 Å². The zero-order chi connectivity index (χ0) is 79.6. The molecule has 2 atom stereocenters. The molecule has 25 aromatic rings.